The molecule has 3 fully saturated rings. The molecule has 0 aromatic carbocycles. The summed E-state index contributed by atoms with van der Waals surface area (Å²) in [6, 6.07) is 2.39. The van der Waals surface area contributed by atoms with Crippen molar-refractivity contribution >= 4 is 17.6 Å². The SMILES string of the molecule is COC1(C(F)(F)F)CN(C2CCC(CC#N)CC2)C1.NC(=O)c1cn[nH]c1NC(=O)C1CC1. The molecule has 2 amide bonds. The molecule has 0 unspecified atom stereocenters. The predicted molar refractivity (Wildman–Crippen MR) is 112 cm³/mol. The molecule has 33 heavy (non-hydrogen) atoms. The van der Waals surface area contributed by atoms with Crippen LogP contribution in [0.4, 0.5) is 19.0 Å². The maximum Gasteiger partial charge on any atom is 0.419 e. The maximum atomic E-state index is 12.9. The van der Waals surface area contributed by atoms with E-state index in [-0.39, 0.29) is 42.3 Å². The summed E-state index contributed by atoms with van der Waals surface area (Å²) in [7, 11) is 1.13. The van der Waals surface area contributed by atoms with Crippen molar-refractivity contribution in [2.24, 2.45) is 17.6 Å². The summed E-state index contributed by atoms with van der Waals surface area (Å²) in [5.41, 5.74) is 3.32. The molecule has 9 nitrogen and oxygen atoms in total. The van der Waals surface area contributed by atoms with Crippen molar-refractivity contribution in [1.82, 2.24) is 15.1 Å². The summed E-state index contributed by atoms with van der Waals surface area (Å²) in [6.45, 7) is -0.110. The monoisotopic (exact) mass is 470 g/mol. The number of amides is 2. The van der Waals surface area contributed by atoms with E-state index in [1.165, 1.54) is 6.20 Å². The second-order valence-corrected chi connectivity index (χ2v) is 8.92. The fourth-order valence-electron chi connectivity index (χ4n) is 4.27. The van der Waals surface area contributed by atoms with Gasteiger partial charge in [0, 0.05) is 38.6 Å². The third kappa shape index (κ3) is 5.83. The van der Waals surface area contributed by atoms with Gasteiger partial charge < -0.3 is 15.8 Å². The number of methoxy groups -OCH3 is 1. The molecule has 182 valence electrons. The number of rotatable bonds is 6. The number of aromatic nitrogens is 2. The van der Waals surface area contributed by atoms with Crippen molar-refractivity contribution in [3.8, 4) is 6.07 Å². The van der Waals surface area contributed by atoms with Crippen LogP contribution >= 0.6 is 0 Å². The topological polar surface area (TPSA) is 137 Å². The van der Waals surface area contributed by atoms with Gasteiger partial charge in [0.05, 0.1) is 12.3 Å². The van der Waals surface area contributed by atoms with E-state index in [1.54, 1.807) is 0 Å². The van der Waals surface area contributed by atoms with Gasteiger partial charge >= 0.3 is 6.18 Å². The molecule has 4 rings (SSSR count). The van der Waals surface area contributed by atoms with E-state index in [2.05, 4.69) is 21.6 Å². The molecule has 1 saturated heterocycles. The van der Waals surface area contributed by atoms with E-state index in [0.717, 1.165) is 45.6 Å². The van der Waals surface area contributed by atoms with E-state index in [9.17, 15) is 22.8 Å². The predicted octanol–water partition coefficient (Wildman–Crippen LogP) is 2.58. The molecular formula is C21H29F3N6O3. The van der Waals surface area contributed by atoms with Crippen LogP contribution < -0.4 is 11.1 Å². The van der Waals surface area contributed by atoms with Gasteiger partial charge in [-0.25, -0.2) is 0 Å². The minimum atomic E-state index is -4.30. The maximum absolute atomic E-state index is 12.9. The molecule has 2 heterocycles. The Labute approximate surface area is 189 Å². The average molecular weight is 470 g/mol. The molecule has 1 aromatic rings. The van der Waals surface area contributed by atoms with Crippen LogP contribution in [0, 0.1) is 23.2 Å². The van der Waals surface area contributed by atoms with Crippen molar-refractivity contribution in [2.75, 3.05) is 25.5 Å². The molecule has 0 atom stereocenters. The second kappa shape index (κ2) is 10.1. The number of hydrogen-bond donors (Lipinski definition) is 3. The first-order chi connectivity index (χ1) is 15.6. The number of primary amides is 1. The van der Waals surface area contributed by atoms with Crippen LogP contribution in [-0.2, 0) is 9.53 Å². The number of alkyl halides is 3. The number of carbonyl (C=O) groups is 2. The highest BCUT2D eigenvalue weighted by molar-refractivity contribution is 6.02. The minimum absolute atomic E-state index is 0.0550. The number of nitrogens with one attached hydrogen (secondary N) is 2. The first kappa shape index (κ1) is 25.0. The van der Waals surface area contributed by atoms with Gasteiger partial charge in [-0.2, -0.15) is 23.5 Å². The lowest BCUT2D eigenvalue weighted by Gasteiger charge is -2.53. The largest absolute Gasteiger partial charge is 0.419 e. The van der Waals surface area contributed by atoms with E-state index in [0.29, 0.717) is 12.3 Å². The number of nitrogens with two attached hydrogens (primary N) is 1. The summed E-state index contributed by atoms with van der Waals surface area (Å²) >= 11 is 0. The standard InChI is InChI=1S/C13H19F3N2O.C8H10N4O2/c1-19-12(13(14,15)16)8-18(9-12)11-4-2-10(3-5-11)6-7-17;9-6(13)5-3-10-12-7(5)11-8(14)4-1-2-4/h10-11H,2-6,8-9H2,1H3;3-4H,1-2H2,(H2,9,13)(H2,10,11,12,14). The highest BCUT2D eigenvalue weighted by Crippen LogP contribution is 2.43. The summed E-state index contributed by atoms with van der Waals surface area (Å²) in [5.74, 6) is 0.104. The van der Waals surface area contributed by atoms with Crippen molar-refractivity contribution in [3.63, 3.8) is 0 Å². The molecule has 0 bridgehead atoms. The Morgan fingerprint density at radius 1 is 1.30 bits per heavy atom. The second-order valence-electron chi connectivity index (χ2n) is 8.92. The third-order valence-corrected chi connectivity index (χ3v) is 6.64. The molecule has 1 aromatic heterocycles. The minimum Gasteiger partial charge on any atom is -0.366 e. The quantitative estimate of drug-likeness (QED) is 0.584. The number of aromatic amines is 1. The zero-order chi connectivity index (χ0) is 24.2. The summed E-state index contributed by atoms with van der Waals surface area (Å²) in [6.07, 6.45) is 3.06. The van der Waals surface area contributed by atoms with Crippen LogP contribution in [0.25, 0.3) is 0 Å². The number of nitriles is 1. The van der Waals surface area contributed by atoms with Gasteiger partial charge in [0.15, 0.2) is 5.60 Å². The zero-order valence-electron chi connectivity index (χ0n) is 18.5. The highest BCUT2D eigenvalue weighted by Gasteiger charge is 2.63. The van der Waals surface area contributed by atoms with Crippen molar-refractivity contribution < 1.29 is 27.5 Å². The number of halogens is 3. The van der Waals surface area contributed by atoms with Crippen molar-refractivity contribution in [3.05, 3.63) is 11.8 Å². The molecule has 2 aliphatic carbocycles. The van der Waals surface area contributed by atoms with E-state index < -0.39 is 17.7 Å². The molecule has 0 spiro atoms. The Hall–Kier alpha value is -2.65. The summed E-state index contributed by atoms with van der Waals surface area (Å²) in [4.78, 5) is 24.1. The Morgan fingerprint density at radius 2 is 1.94 bits per heavy atom. The first-order valence-corrected chi connectivity index (χ1v) is 11.0. The number of H-pyrrole nitrogens is 1. The number of ether oxygens (including phenoxy) is 1. The fourth-order valence-corrected chi connectivity index (χ4v) is 4.27. The Balaban J connectivity index is 0.000000194. The molecule has 1 aliphatic heterocycles. The summed E-state index contributed by atoms with van der Waals surface area (Å²) in [5, 5.41) is 17.4. The van der Waals surface area contributed by atoms with Crippen LogP contribution in [0.15, 0.2) is 6.20 Å². The first-order valence-electron chi connectivity index (χ1n) is 11.0. The molecule has 2 saturated carbocycles. The smallest absolute Gasteiger partial charge is 0.366 e. The lowest BCUT2D eigenvalue weighted by molar-refractivity contribution is -0.315. The van der Waals surface area contributed by atoms with Gasteiger partial charge in [-0.05, 0) is 44.4 Å². The average Bonchev–Trinajstić information content (AvgIpc) is 3.48. The van der Waals surface area contributed by atoms with Crippen LogP contribution in [0.2, 0.25) is 0 Å². The molecular weight excluding hydrogens is 441 g/mol. The van der Waals surface area contributed by atoms with Crippen LogP contribution in [0.3, 0.4) is 0 Å². The van der Waals surface area contributed by atoms with E-state index >= 15 is 0 Å². The van der Waals surface area contributed by atoms with Gasteiger partial charge in [0.2, 0.25) is 5.91 Å². The highest BCUT2D eigenvalue weighted by atomic mass is 19.4. The van der Waals surface area contributed by atoms with Gasteiger partial charge in [-0.15, -0.1) is 0 Å². The Kier molecular flexibility index (Phi) is 7.64. The Bertz CT molecular complexity index is 879. The number of hydrogen-bond acceptors (Lipinski definition) is 6. The summed E-state index contributed by atoms with van der Waals surface area (Å²) < 4.78 is 43.3. The normalized spacial score (nSPS) is 24.6. The number of nitrogens with zero attached hydrogens (tertiary/aromatic N) is 3. The third-order valence-electron chi connectivity index (χ3n) is 6.64. The zero-order valence-corrected chi connectivity index (χ0v) is 18.5. The lowest BCUT2D eigenvalue weighted by atomic mass is 9.81. The van der Waals surface area contributed by atoms with Gasteiger partial charge in [-0.3, -0.25) is 19.6 Å². The number of anilines is 1. The molecule has 4 N–H and O–H groups in total. The van der Waals surface area contributed by atoms with E-state index in [4.69, 9.17) is 15.7 Å². The number of likely N-dealkylation sites (tertiary alicyclic amines) is 1. The van der Waals surface area contributed by atoms with Crippen LogP contribution in [0.5, 0.6) is 0 Å². The van der Waals surface area contributed by atoms with Crippen LogP contribution in [-0.4, -0.2) is 64.9 Å². The fraction of sp³-hybridized carbons (Fsp3) is 0.714. The van der Waals surface area contributed by atoms with Gasteiger partial charge in [0.1, 0.15) is 11.4 Å². The Morgan fingerprint density at radius 3 is 2.42 bits per heavy atom. The molecule has 3 aliphatic rings. The van der Waals surface area contributed by atoms with Crippen molar-refractivity contribution in [1.29, 1.82) is 5.26 Å². The van der Waals surface area contributed by atoms with Gasteiger partial charge in [-0.1, -0.05) is 0 Å². The van der Waals surface area contributed by atoms with Crippen molar-refractivity contribution in [2.45, 2.75) is 62.8 Å². The van der Waals surface area contributed by atoms with E-state index in [1.807, 2.05) is 4.90 Å². The molecule has 0 radical (unpaired) electrons. The molecule has 12 heteroatoms. The number of carbonyl (C=O) groups excluding carboxylic acids is 2. The van der Waals surface area contributed by atoms with Gasteiger partial charge in [0.25, 0.3) is 5.91 Å². The van der Waals surface area contributed by atoms with Crippen LogP contribution in [0.1, 0.15) is 55.3 Å². The lowest BCUT2D eigenvalue weighted by Crippen LogP contribution is -2.72.